The topological polar surface area (TPSA) is 25.2 Å². The van der Waals surface area contributed by atoms with Crippen LogP contribution in [0, 0.1) is 0 Å². The van der Waals surface area contributed by atoms with Gasteiger partial charge in [0.2, 0.25) is 0 Å². The lowest BCUT2D eigenvalue weighted by Crippen LogP contribution is -2.12. The van der Waals surface area contributed by atoms with Crippen LogP contribution in [0.1, 0.15) is 19.1 Å². The summed E-state index contributed by atoms with van der Waals surface area (Å²) in [5.74, 6) is 1.81. The van der Waals surface area contributed by atoms with Crippen molar-refractivity contribution >= 4 is 22.9 Å². The number of thiophene rings is 1. The molecule has 1 N–H and O–H groups in total. The van der Waals surface area contributed by atoms with Crippen molar-refractivity contribution in [2.45, 2.75) is 19.9 Å². The van der Waals surface area contributed by atoms with Crippen LogP contribution in [-0.2, 0) is 6.54 Å². The monoisotopic (exact) mass is 255 g/mol. The van der Waals surface area contributed by atoms with Crippen LogP contribution >= 0.6 is 22.9 Å². The highest BCUT2D eigenvalue weighted by atomic mass is 35.5. The van der Waals surface area contributed by atoms with Crippen molar-refractivity contribution in [1.82, 2.24) is 5.32 Å². The zero-order chi connectivity index (χ0) is 11.4. The number of furan rings is 1. The zero-order valence-corrected chi connectivity index (χ0v) is 10.7. The van der Waals surface area contributed by atoms with Crippen molar-refractivity contribution in [2.75, 3.05) is 6.54 Å². The van der Waals surface area contributed by atoms with Gasteiger partial charge in [-0.05, 0) is 36.5 Å². The summed E-state index contributed by atoms with van der Waals surface area (Å²) in [6, 6.07) is 5.85. The van der Waals surface area contributed by atoms with Gasteiger partial charge in [0.1, 0.15) is 11.5 Å². The first kappa shape index (κ1) is 11.7. The molecule has 0 aromatic carbocycles. The third kappa shape index (κ3) is 2.67. The Kier molecular flexibility index (Phi) is 4.04. The molecule has 86 valence electrons. The third-order valence-corrected chi connectivity index (χ3v) is 3.58. The molecule has 0 bridgehead atoms. The Morgan fingerprint density at radius 2 is 2.25 bits per heavy atom. The van der Waals surface area contributed by atoms with Crippen molar-refractivity contribution in [3.63, 3.8) is 0 Å². The van der Waals surface area contributed by atoms with E-state index in [4.69, 9.17) is 16.0 Å². The molecule has 0 saturated carbocycles. The molecule has 0 aliphatic carbocycles. The van der Waals surface area contributed by atoms with Crippen molar-refractivity contribution in [3.05, 3.63) is 34.4 Å². The first-order chi connectivity index (χ1) is 7.81. The molecule has 2 heterocycles. The molecule has 2 aromatic rings. The molecule has 4 heteroatoms. The Morgan fingerprint density at radius 3 is 2.94 bits per heavy atom. The molecular formula is C12H14ClNOS. The highest BCUT2D eigenvalue weighted by Gasteiger charge is 2.09. The van der Waals surface area contributed by atoms with Crippen LogP contribution in [0.4, 0.5) is 0 Å². The van der Waals surface area contributed by atoms with Gasteiger partial charge in [-0.3, -0.25) is 0 Å². The predicted octanol–water partition coefficient (Wildman–Crippen LogP) is 4.16. The quantitative estimate of drug-likeness (QED) is 0.812. The van der Waals surface area contributed by atoms with Gasteiger partial charge in [-0.15, -0.1) is 11.3 Å². The molecule has 0 amide bonds. The minimum atomic E-state index is 0.757. The number of rotatable bonds is 5. The lowest BCUT2D eigenvalue weighted by molar-refractivity contribution is 0.494. The van der Waals surface area contributed by atoms with Crippen LogP contribution in [0.5, 0.6) is 0 Å². The van der Waals surface area contributed by atoms with Crippen LogP contribution in [0.3, 0.4) is 0 Å². The fourth-order valence-corrected chi connectivity index (χ4v) is 2.56. The first-order valence-corrected chi connectivity index (χ1v) is 6.60. The van der Waals surface area contributed by atoms with Gasteiger partial charge in [-0.2, -0.15) is 0 Å². The van der Waals surface area contributed by atoms with E-state index in [1.165, 1.54) is 0 Å². The van der Waals surface area contributed by atoms with Crippen molar-refractivity contribution < 1.29 is 4.42 Å². The second kappa shape index (κ2) is 5.53. The summed E-state index contributed by atoms with van der Waals surface area (Å²) in [6.07, 6.45) is 1.13. The largest absolute Gasteiger partial charge is 0.459 e. The van der Waals surface area contributed by atoms with Gasteiger partial charge < -0.3 is 9.73 Å². The Bertz CT molecular complexity index is 449. The van der Waals surface area contributed by atoms with E-state index in [0.717, 1.165) is 40.9 Å². The minimum absolute atomic E-state index is 0.757. The molecule has 0 radical (unpaired) electrons. The highest BCUT2D eigenvalue weighted by molar-refractivity contribution is 7.14. The van der Waals surface area contributed by atoms with Gasteiger partial charge in [0.25, 0.3) is 0 Å². The van der Waals surface area contributed by atoms with E-state index in [9.17, 15) is 0 Å². The van der Waals surface area contributed by atoms with E-state index >= 15 is 0 Å². The molecule has 0 aliphatic rings. The van der Waals surface area contributed by atoms with Gasteiger partial charge in [0, 0.05) is 0 Å². The standard InChI is InChI=1S/C12H14ClNOS/c1-2-6-14-8-9-3-4-11(15-9)12-10(13)5-7-16-12/h3-5,7,14H,2,6,8H2,1H3. The smallest absolute Gasteiger partial charge is 0.145 e. The lowest BCUT2D eigenvalue weighted by atomic mass is 10.3. The zero-order valence-electron chi connectivity index (χ0n) is 9.13. The van der Waals surface area contributed by atoms with Crippen LogP contribution in [-0.4, -0.2) is 6.54 Å². The second-order valence-electron chi connectivity index (χ2n) is 3.54. The van der Waals surface area contributed by atoms with E-state index < -0.39 is 0 Å². The van der Waals surface area contributed by atoms with Gasteiger partial charge in [0.05, 0.1) is 16.4 Å². The second-order valence-corrected chi connectivity index (χ2v) is 4.86. The first-order valence-electron chi connectivity index (χ1n) is 5.34. The van der Waals surface area contributed by atoms with Crippen molar-refractivity contribution in [1.29, 1.82) is 0 Å². The fourth-order valence-electron chi connectivity index (χ4n) is 1.45. The molecule has 2 aromatic heterocycles. The summed E-state index contributed by atoms with van der Waals surface area (Å²) in [5, 5.41) is 6.03. The fraction of sp³-hybridized carbons (Fsp3) is 0.333. The number of nitrogens with one attached hydrogen (secondary N) is 1. The maximum atomic E-state index is 6.05. The molecule has 0 saturated heterocycles. The average molecular weight is 256 g/mol. The van der Waals surface area contributed by atoms with Crippen LogP contribution in [0.25, 0.3) is 10.6 Å². The lowest BCUT2D eigenvalue weighted by Gasteiger charge is -1.99. The summed E-state index contributed by atoms with van der Waals surface area (Å²) in [6.45, 7) is 3.93. The Hall–Kier alpha value is -0.770. The van der Waals surface area contributed by atoms with Crippen LogP contribution < -0.4 is 5.32 Å². The van der Waals surface area contributed by atoms with Gasteiger partial charge in [-0.25, -0.2) is 0 Å². The third-order valence-electron chi connectivity index (χ3n) is 2.23. The molecule has 16 heavy (non-hydrogen) atoms. The van der Waals surface area contributed by atoms with Crippen LogP contribution in [0.15, 0.2) is 28.0 Å². The molecule has 2 nitrogen and oxygen atoms in total. The average Bonchev–Trinajstić information content (AvgIpc) is 2.87. The Balaban J connectivity index is 2.05. The van der Waals surface area contributed by atoms with Crippen molar-refractivity contribution in [3.8, 4) is 10.6 Å². The summed E-state index contributed by atoms with van der Waals surface area (Å²) >= 11 is 7.64. The van der Waals surface area contributed by atoms with Crippen LogP contribution in [0.2, 0.25) is 5.02 Å². The number of hydrogen-bond donors (Lipinski definition) is 1. The number of halogens is 1. The minimum Gasteiger partial charge on any atom is -0.459 e. The highest BCUT2D eigenvalue weighted by Crippen LogP contribution is 2.34. The summed E-state index contributed by atoms with van der Waals surface area (Å²) < 4.78 is 5.72. The van der Waals surface area contributed by atoms with Crippen molar-refractivity contribution in [2.24, 2.45) is 0 Å². The molecule has 0 spiro atoms. The summed E-state index contributed by atoms with van der Waals surface area (Å²) in [4.78, 5) is 1.00. The van der Waals surface area contributed by atoms with E-state index in [1.807, 2.05) is 23.6 Å². The SMILES string of the molecule is CCCNCc1ccc(-c2sccc2Cl)o1. The summed E-state index contributed by atoms with van der Waals surface area (Å²) in [5.41, 5.74) is 0. The molecule has 0 aliphatic heterocycles. The Labute approximate surface area is 104 Å². The van der Waals surface area contributed by atoms with E-state index in [2.05, 4.69) is 12.2 Å². The molecule has 0 unspecified atom stereocenters. The number of hydrogen-bond acceptors (Lipinski definition) is 3. The maximum Gasteiger partial charge on any atom is 0.145 e. The van der Waals surface area contributed by atoms with Gasteiger partial charge >= 0.3 is 0 Å². The molecule has 0 atom stereocenters. The molecule has 2 rings (SSSR count). The molecule has 0 fully saturated rings. The predicted molar refractivity (Wildman–Crippen MR) is 69.0 cm³/mol. The maximum absolute atomic E-state index is 6.05. The van der Waals surface area contributed by atoms with Gasteiger partial charge in [0.15, 0.2) is 0 Å². The normalized spacial score (nSPS) is 10.9. The van der Waals surface area contributed by atoms with E-state index in [1.54, 1.807) is 11.3 Å². The summed E-state index contributed by atoms with van der Waals surface area (Å²) in [7, 11) is 0. The Morgan fingerprint density at radius 1 is 1.38 bits per heavy atom. The van der Waals surface area contributed by atoms with Gasteiger partial charge in [-0.1, -0.05) is 18.5 Å². The van der Waals surface area contributed by atoms with E-state index in [-0.39, 0.29) is 0 Å². The van der Waals surface area contributed by atoms with E-state index in [0.29, 0.717) is 0 Å². The molecular weight excluding hydrogens is 242 g/mol.